The molecular weight excluding hydrogens is 231 g/mol. The molecule has 0 N–H and O–H groups in total. The lowest BCUT2D eigenvalue weighted by molar-refractivity contribution is -0.746. The first kappa shape index (κ1) is 12.3. The number of rotatable bonds is 2. The molecule has 0 atom stereocenters. The first-order chi connectivity index (χ1) is 7.23. The van der Waals surface area contributed by atoms with Crippen molar-refractivity contribution in [3.63, 3.8) is 0 Å². The van der Waals surface area contributed by atoms with E-state index in [1.807, 2.05) is 0 Å². The number of amides is 1. The van der Waals surface area contributed by atoms with Crippen LogP contribution in [0.25, 0.3) is 0 Å². The van der Waals surface area contributed by atoms with E-state index in [-0.39, 0.29) is 5.69 Å². The second-order valence-electron chi connectivity index (χ2n) is 3.09. The van der Waals surface area contributed by atoms with Gasteiger partial charge in [0.2, 0.25) is 0 Å². The van der Waals surface area contributed by atoms with Gasteiger partial charge in [-0.05, 0) is 0 Å². The molecule has 0 saturated carbocycles. The summed E-state index contributed by atoms with van der Waals surface area (Å²) in [6, 6.07) is 0. The number of carbonyl (C=O) groups excluding carboxylic acids is 1. The number of halogens is 3. The molecule has 0 aromatic carbocycles. The smallest absolute Gasteiger partial charge is 0.471 e. The quantitative estimate of drug-likeness (QED) is 0.626. The molecule has 0 unspecified atom stereocenters. The first-order valence-electron chi connectivity index (χ1n) is 4.07. The van der Waals surface area contributed by atoms with Gasteiger partial charge < -0.3 is 14.5 Å². The maximum absolute atomic E-state index is 12.0. The molecule has 9 heteroatoms. The lowest BCUT2D eigenvalue weighted by Gasteiger charge is -2.16. The normalized spacial score (nSPS) is 11.6. The van der Waals surface area contributed by atoms with Crippen molar-refractivity contribution in [3.8, 4) is 5.95 Å². The summed E-state index contributed by atoms with van der Waals surface area (Å²) in [4.78, 5) is 11.1. The second-order valence-corrected chi connectivity index (χ2v) is 3.09. The molecule has 0 fully saturated rings. The zero-order chi connectivity index (χ0) is 12.5. The molecular formula is C7H8F3N3O3. The van der Waals surface area contributed by atoms with Crippen LogP contribution in [0.4, 0.5) is 13.2 Å². The summed E-state index contributed by atoms with van der Waals surface area (Å²) in [6.07, 6.45) is -4.96. The molecule has 0 spiro atoms. The van der Waals surface area contributed by atoms with Gasteiger partial charge in [-0.2, -0.15) is 13.2 Å². The van der Waals surface area contributed by atoms with Gasteiger partial charge in [0.1, 0.15) is 6.54 Å². The number of carbonyl (C=O) groups is 1. The highest BCUT2D eigenvalue weighted by Crippen LogP contribution is 2.19. The van der Waals surface area contributed by atoms with Gasteiger partial charge in [-0.15, -0.1) is 0 Å². The van der Waals surface area contributed by atoms with Crippen LogP contribution < -0.4 is 9.79 Å². The fraction of sp³-hybridized carbons (Fsp3) is 0.571. The monoisotopic (exact) mass is 239 g/mol. The average molecular weight is 239 g/mol. The fourth-order valence-electron chi connectivity index (χ4n) is 1.01. The largest absolute Gasteiger partial charge is 0.539 e. The van der Waals surface area contributed by atoms with Gasteiger partial charge in [0.05, 0.1) is 5.27 Å². The van der Waals surface area contributed by atoms with Gasteiger partial charge in [0.25, 0.3) is 5.69 Å². The molecule has 1 rings (SSSR count). The van der Waals surface area contributed by atoms with Crippen molar-refractivity contribution in [1.29, 1.82) is 0 Å². The van der Waals surface area contributed by atoms with E-state index in [4.69, 9.17) is 0 Å². The third kappa shape index (κ3) is 2.41. The number of nitrogens with zero attached hydrogens (tertiary/aromatic N) is 3. The lowest BCUT2D eigenvalue weighted by Crippen LogP contribution is -2.42. The number of aryl methyl sites for hydroxylation is 1. The summed E-state index contributed by atoms with van der Waals surface area (Å²) in [5, 5.41) is 14.2. The number of alkyl halides is 3. The van der Waals surface area contributed by atoms with E-state index >= 15 is 0 Å². The van der Waals surface area contributed by atoms with Gasteiger partial charge in [-0.25, -0.2) is 0 Å². The third-order valence-electron chi connectivity index (χ3n) is 1.85. The van der Waals surface area contributed by atoms with Crippen molar-refractivity contribution in [2.24, 2.45) is 7.05 Å². The van der Waals surface area contributed by atoms with Gasteiger partial charge in [0.15, 0.2) is 13.0 Å². The van der Waals surface area contributed by atoms with Crippen molar-refractivity contribution >= 4 is 5.91 Å². The molecule has 16 heavy (non-hydrogen) atoms. The molecule has 1 aromatic rings. The van der Waals surface area contributed by atoms with Gasteiger partial charge in [-0.1, -0.05) is 4.68 Å². The summed E-state index contributed by atoms with van der Waals surface area (Å²) >= 11 is 0. The zero-order valence-corrected chi connectivity index (χ0v) is 8.41. The van der Waals surface area contributed by atoms with E-state index in [1.165, 1.54) is 7.05 Å². The number of hydrogen-bond acceptors (Lipinski definition) is 4. The molecule has 90 valence electrons. The summed E-state index contributed by atoms with van der Waals surface area (Å²) < 4.78 is 41.2. The Morgan fingerprint density at radius 1 is 1.62 bits per heavy atom. The Morgan fingerprint density at radius 3 is 2.56 bits per heavy atom. The van der Waals surface area contributed by atoms with E-state index in [2.05, 4.69) is 9.79 Å². The van der Waals surface area contributed by atoms with Crippen LogP contribution in [0.3, 0.4) is 0 Å². The van der Waals surface area contributed by atoms with Crippen LogP contribution in [0, 0.1) is 0 Å². The second kappa shape index (κ2) is 3.99. The Hall–Kier alpha value is -1.80. The summed E-state index contributed by atoms with van der Waals surface area (Å²) in [5.41, 5.74) is -0.139. The Morgan fingerprint density at radius 2 is 2.19 bits per heavy atom. The van der Waals surface area contributed by atoms with Crippen molar-refractivity contribution in [1.82, 2.24) is 10.2 Å². The van der Waals surface area contributed by atoms with Gasteiger partial charge in [-0.3, -0.25) is 4.79 Å². The molecule has 1 amide bonds. The highest BCUT2D eigenvalue weighted by atomic mass is 19.4. The summed E-state index contributed by atoms with van der Waals surface area (Å²) in [6.45, 7) is -0.517. The third-order valence-corrected chi connectivity index (χ3v) is 1.85. The predicted molar refractivity (Wildman–Crippen MR) is 39.7 cm³/mol. The summed E-state index contributed by atoms with van der Waals surface area (Å²) in [5.74, 6) is -2.91. The summed E-state index contributed by atoms with van der Waals surface area (Å²) in [7, 11) is 2.26. The molecule has 0 saturated heterocycles. The fourth-order valence-corrected chi connectivity index (χ4v) is 1.01. The maximum atomic E-state index is 12.0. The molecule has 0 aliphatic heterocycles. The van der Waals surface area contributed by atoms with Gasteiger partial charge in [0, 0.05) is 7.05 Å². The first-order valence-corrected chi connectivity index (χ1v) is 4.07. The minimum absolute atomic E-state index is 0.139. The molecule has 0 aliphatic carbocycles. The van der Waals surface area contributed by atoms with Crippen LogP contribution in [0.5, 0.6) is 5.95 Å². The number of aromatic nitrogens is 2. The van der Waals surface area contributed by atoms with E-state index in [0.29, 0.717) is 4.90 Å². The van der Waals surface area contributed by atoms with Crippen molar-refractivity contribution < 1.29 is 32.3 Å². The van der Waals surface area contributed by atoms with Crippen LogP contribution >= 0.6 is 0 Å². The zero-order valence-electron chi connectivity index (χ0n) is 8.41. The Balaban J connectivity index is 2.80. The van der Waals surface area contributed by atoms with Crippen LogP contribution in [-0.2, 0) is 18.4 Å². The molecule has 1 aromatic heterocycles. The molecule has 1 heterocycles. The molecule has 0 radical (unpaired) electrons. The maximum Gasteiger partial charge on any atom is 0.471 e. The van der Waals surface area contributed by atoms with E-state index in [9.17, 15) is 23.1 Å². The minimum atomic E-state index is -4.96. The van der Waals surface area contributed by atoms with Crippen LogP contribution in [0.2, 0.25) is 0 Å². The average Bonchev–Trinajstić information content (AvgIpc) is 2.46. The Labute approximate surface area is 87.8 Å². The Kier molecular flexibility index (Phi) is 3.06. The highest BCUT2D eigenvalue weighted by molar-refractivity contribution is 5.81. The standard InChI is InChI=1S/C7H8F3N3O3/c1-12(6(15)7(8,9)10)3-4-5(14)16-11-13(4)2/h3H2,1-2H3. The lowest BCUT2D eigenvalue weighted by atomic mass is 10.4. The van der Waals surface area contributed by atoms with E-state index in [1.54, 1.807) is 0 Å². The molecule has 0 aliphatic rings. The highest BCUT2D eigenvalue weighted by Gasteiger charge is 2.42. The number of hydrogen-bond donors (Lipinski definition) is 0. The minimum Gasteiger partial charge on any atom is -0.539 e. The SMILES string of the molecule is CN(Cc1c([O-])on[n+]1C)C(=O)C(F)(F)F. The van der Waals surface area contributed by atoms with E-state index in [0.717, 1.165) is 11.7 Å². The Bertz CT molecular complexity index is 382. The molecule has 0 bridgehead atoms. The predicted octanol–water partition coefficient (Wildman–Crippen LogP) is -0.907. The van der Waals surface area contributed by atoms with Crippen LogP contribution in [0.15, 0.2) is 4.52 Å². The van der Waals surface area contributed by atoms with Gasteiger partial charge >= 0.3 is 12.1 Å². The van der Waals surface area contributed by atoms with E-state index < -0.39 is 24.6 Å². The van der Waals surface area contributed by atoms with Crippen molar-refractivity contribution in [2.45, 2.75) is 12.7 Å². The van der Waals surface area contributed by atoms with Crippen molar-refractivity contribution in [3.05, 3.63) is 5.69 Å². The molecule has 6 nitrogen and oxygen atoms in total. The topological polar surface area (TPSA) is 73.3 Å². The van der Waals surface area contributed by atoms with Crippen LogP contribution in [-0.4, -0.2) is 29.3 Å². The van der Waals surface area contributed by atoms with Crippen molar-refractivity contribution in [2.75, 3.05) is 7.05 Å². The van der Waals surface area contributed by atoms with Crippen LogP contribution in [0.1, 0.15) is 5.69 Å².